The predicted octanol–water partition coefficient (Wildman–Crippen LogP) is 5.85. The Morgan fingerprint density at radius 2 is 1.79 bits per heavy atom. The summed E-state index contributed by atoms with van der Waals surface area (Å²) in [5.41, 5.74) is 1.93. The average Bonchev–Trinajstić information content (AvgIpc) is 2.73. The fourth-order valence-electron chi connectivity index (χ4n) is 2.49. The standard InChI is InChI=1S/C23H25N/c1-17(2)12-22-15-23(24-16-18(22)3)21-11-7-10-20(14-21)13-19-8-5-4-6-9-19/h4-11,14-17H,12-13H2,1-3H3/i3D3,12D2,13D2. The summed E-state index contributed by atoms with van der Waals surface area (Å²) in [5.74, 6) is -0.442. The Hall–Kier alpha value is -2.41. The molecule has 0 unspecified atom stereocenters. The summed E-state index contributed by atoms with van der Waals surface area (Å²) in [6.07, 6.45) is -2.38. The Morgan fingerprint density at radius 1 is 1.00 bits per heavy atom. The molecule has 0 amide bonds. The van der Waals surface area contributed by atoms with Crippen LogP contribution in [0.4, 0.5) is 0 Å². The van der Waals surface area contributed by atoms with E-state index in [1.54, 1.807) is 62.4 Å². The quantitative estimate of drug-likeness (QED) is 0.574. The summed E-state index contributed by atoms with van der Waals surface area (Å²) in [7, 11) is 0. The van der Waals surface area contributed by atoms with Crippen LogP contribution >= 0.6 is 0 Å². The van der Waals surface area contributed by atoms with Gasteiger partial charge in [-0.05, 0) is 59.9 Å². The van der Waals surface area contributed by atoms with Gasteiger partial charge >= 0.3 is 0 Å². The van der Waals surface area contributed by atoms with Crippen LogP contribution < -0.4 is 0 Å². The molecule has 0 aliphatic rings. The van der Waals surface area contributed by atoms with Crippen LogP contribution in [0.15, 0.2) is 66.9 Å². The zero-order valence-corrected chi connectivity index (χ0v) is 13.9. The molecule has 0 radical (unpaired) electrons. The third kappa shape index (κ3) is 4.11. The van der Waals surface area contributed by atoms with E-state index in [0.717, 1.165) is 0 Å². The van der Waals surface area contributed by atoms with E-state index >= 15 is 0 Å². The maximum absolute atomic E-state index is 8.59. The minimum Gasteiger partial charge on any atom is -0.256 e. The second-order valence-corrected chi connectivity index (χ2v) is 5.99. The van der Waals surface area contributed by atoms with Crippen LogP contribution in [0, 0.1) is 12.8 Å². The van der Waals surface area contributed by atoms with E-state index in [9.17, 15) is 0 Å². The second-order valence-electron chi connectivity index (χ2n) is 5.99. The zero-order valence-electron chi connectivity index (χ0n) is 20.9. The SMILES string of the molecule is [2H]C([2H])([2H])c1cnc(-c2cccc(C([2H])([2H])c3ccccc3)c2)cc1C([2H])([2H])C(C)C. The molecule has 1 aromatic heterocycles. The van der Waals surface area contributed by atoms with Crippen LogP contribution in [0.1, 0.15) is 45.7 Å². The average molecular weight is 323 g/mol. The van der Waals surface area contributed by atoms with E-state index in [4.69, 9.17) is 9.60 Å². The van der Waals surface area contributed by atoms with Crippen molar-refractivity contribution >= 4 is 0 Å². The molecule has 0 saturated carbocycles. The summed E-state index contributed by atoms with van der Waals surface area (Å²) in [6, 6.07) is 17.2. The Bertz CT molecular complexity index is 1060. The van der Waals surface area contributed by atoms with E-state index in [-0.39, 0.29) is 11.1 Å². The third-order valence-electron chi connectivity index (χ3n) is 3.57. The number of benzene rings is 2. The lowest BCUT2D eigenvalue weighted by molar-refractivity contribution is 0.644. The molecule has 0 saturated heterocycles. The first-order valence-electron chi connectivity index (χ1n) is 11.5. The molecular formula is C23H25N. The molecule has 0 aliphatic heterocycles. The third-order valence-corrected chi connectivity index (χ3v) is 3.57. The maximum Gasteiger partial charge on any atom is 0.0705 e. The van der Waals surface area contributed by atoms with Gasteiger partial charge in [-0.2, -0.15) is 0 Å². The van der Waals surface area contributed by atoms with E-state index in [1.165, 1.54) is 12.3 Å². The number of nitrogens with zero attached hydrogens (tertiary/aromatic N) is 1. The Kier molecular flexibility index (Phi) is 3.03. The van der Waals surface area contributed by atoms with E-state index in [1.807, 2.05) is 6.07 Å². The van der Waals surface area contributed by atoms with Crippen molar-refractivity contribution < 1.29 is 9.60 Å². The molecular weight excluding hydrogens is 290 g/mol. The van der Waals surface area contributed by atoms with Gasteiger partial charge < -0.3 is 0 Å². The lowest BCUT2D eigenvalue weighted by atomic mass is 9.97. The second kappa shape index (κ2) is 7.44. The minimum atomic E-state index is -2.49. The molecule has 0 bridgehead atoms. The lowest BCUT2D eigenvalue weighted by Crippen LogP contribution is -1.99. The van der Waals surface area contributed by atoms with Crippen molar-refractivity contribution in [3.8, 4) is 11.3 Å². The highest BCUT2D eigenvalue weighted by Gasteiger charge is 2.07. The van der Waals surface area contributed by atoms with E-state index in [2.05, 4.69) is 4.98 Å². The van der Waals surface area contributed by atoms with Gasteiger partial charge in [0.05, 0.1) is 5.69 Å². The molecule has 0 N–H and O–H groups in total. The molecule has 3 aromatic rings. The van der Waals surface area contributed by atoms with Crippen molar-refractivity contribution in [3.05, 3.63) is 89.1 Å². The summed E-state index contributed by atoms with van der Waals surface area (Å²) in [6.45, 7) is 0.923. The molecule has 0 aliphatic carbocycles. The van der Waals surface area contributed by atoms with Crippen LogP contribution in [-0.4, -0.2) is 4.98 Å². The van der Waals surface area contributed by atoms with Crippen molar-refractivity contribution in [2.75, 3.05) is 0 Å². The van der Waals surface area contributed by atoms with Crippen molar-refractivity contribution in [3.63, 3.8) is 0 Å². The Morgan fingerprint density at radius 3 is 2.54 bits per heavy atom. The van der Waals surface area contributed by atoms with Gasteiger partial charge in [0.15, 0.2) is 0 Å². The molecule has 1 nitrogen and oxygen atoms in total. The van der Waals surface area contributed by atoms with Gasteiger partial charge in [0, 0.05) is 21.4 Å². The van der Waals surface area contributed by atoms with Crippen LogP contribution in [0.25, 0.3) is 11.3 Å². The monoisotopic (exact) mass is 322 g/mol. The van der Waals surface area contributed by atoms with Crippen LogP contribution in [0.3, 0.4) is 0 Å². The lowest BCUT2D eigenvalue weighted by Gasteiger charge is -2.11. The van der Waals surface area contributed by atoms with Gasteiger partial charge in [-0.25, -0.2) is 0 Å². The molecule has 2 aromatic carbocycles. The van der Waals surface area contributed by atoms with Crippen LogP contribution in [0.5, 0.6) is 0 Å². The largest absolute Gasteiger partial charge is 0.256 e. The Balaban J connectivity index is 2.13. The van der Waals surface area contributed by atoms with E-state index in [0.29, 0.717) is 22.4 Å². The minimum absolute atomic E-state index is 0.0870. The topological polar surface area (TPSA) is 12.9 Å². The van der Waals surface area contributed by atoms with Gasteiger partial charge in [0.25, 0.3) is 0 Å². The van der Waals surface area contributed by atoms with Gasteiger partial charge in [0.2, 0.25) is 0 Å². The molecule has 0 fully saturated rings. The first kappa shape index (κ1) is 9.78. The number of aryl methyl sites for hydroxylation is 1. The predicted molar refractivity (Wildman–Crippen MR) is 102 cm³/mol. The zero-order chi connectivity index (χ0) is 23.0. The Labute approximate surface area is 155 Å². The van der Waals surface area contributed by atoms with Gasteiger partial charge in [-0.1, -0.05) is 62.4 Å². The van der Waals surface area contributed by atoms with Crippen molar-refractivity contribution in [2.45, 2.75) is 33.4 Å². The van der Waals surface area contributed by atoms with Crippen molar-refractivity contribution in [2.24, 2.45) is 5.92 Å². The van der Waals surface area contributed by atoms with Crippen LogP contribution in [-0.2, 0) is 12.7 Å². The number of pyridine rings is 1. The summed E-state index contributed by atoms with van der Waals surface area (Å²) >= 11 is 0. The van der Waals surface area contributed by atoms with Gasteiger partial charge in [-0.15, -0.1) is 0 Å². The van der Waals surface area contributed by atoms with Gasteiger partial charge in [-0.3, -0.25) is 4.98 Å². The number of hydrogen-bond donors (Lipinski definition) is 0. The summed E-state index contributed by atoms with van der Waals surface area (Å²) in [4.78, 5) is 4.30. The van der Waals surface area contributed by atoms with E-state index < -0.39 is 25.5 Å². The first-order chi connectivity index (χ1) is 14.3. The normalized spacial score (nSPS) is 17.0. The molecule has 0 atom stereocenters. The fourth-order valence-corrected chi connectivity index (χ4v) is 2.49. The van der Waals surface area contributed by atoms with Crippen molar-refractivity contribution in [1.29, 1.82) is 0 Å². The molecule has 1 heterocycles. The fraction of sp³-hybridized carbons (Fsp3) is 0.261. The van der Waals surface area contributed by atoms with Crippen molar-refractivity contribution in [1.82, 2.24) is 4.98 Å². The number of hydrogen-bond acceptors (Lipinski definition) is 1. The molecule has 1 heteroatoms. The smallest absolute Gasteiger partial charge is 0.0705 e. The summed E-state index contributed by atoms with van der Waals surface area (Å²) < 4.78 is 57.5. The number of aromatic nitrogens is 1. The molecule has 0 spiro atoms. The molecule has 3 rings (SSSR count). The first-order valence-corrected chi connectivity index (χ1v) is 8.02. The molecule has 122 valence electrons. The van der Waals surface area contributed by atoms with Gasteiger partial charge in [0.1, 0.15) is 0 Å². The highest BCUT2D eigenvalue weighted by atomic mass is 14.7. The summed E-state index contributed by atoms with van der Waals surface area (Å²) in [5, 5.41) is 0. The maximum atomic E-state index is 8.59. The highest BCUT2D eigenvalue weighted by Crippen LogP contribution is 2.23. The van der Waals surface area contributed by atoms with Crippen LogP contribution in [0.2, 0.25) is 0 Å². The molecule has 24 heavy (non-hydrogen) atoms. The highest BCUT2D eigenvalue weighted by molar-refractivity contribution is 5.61. The number of rotatable bonds is 5.